The molecule has 0 spiro atoms. The Balaban J connectivity index is 1.74. The van der Waals surface area contributed by atoms with E-state index in [0.29, 0.717) is 5.69 Å². The van der Waals surface area contributed by atoms with E-state index in [2.05, 4.69) is 59.6 Å². The predicted molar refractivity (Wildman–Crippen MR) is 156 cm³/mol. The molecule has 0 aliphatic heterocycles. The SMILES string of the molecule is CCCCCc1ccc(C#Cc2ccc(C#Cc3ccc(CCCCC)cn3)c(COCC(O)CO)c2)nc1. The van der Waals surface area contributed by atoms with Crippen LogP contribution in [0.2, 0.25) is 0 Å². The van der Waals surface area contributed by atoms with Crippen LogP contribution in [0, 0.1) is 23.7 Å². The summed E-state index contributed by atoms with van der Waals surface area (Å²) in [6.45, 7) is 4.34. The summed E-state index contributed by atoms with van der Waals surface area (Å²) in [5.41, 5.74) is 6.40. The molecule has 0 aliphatic rings. The van der Waals surface area contributed by atoms with Crippen LogP contribution in [0.3, 0.4) is 0 Å². The molecule has 0 bridgehead atoms. The Morgan fingerprint density at radius 2 is 1.38 bits per heavy atom. The van der Waals surface area contributed by atoms with Gasteiger partial charge in [-0.2, -0.15) is 0 Å². The summed E-state index contributed by atoms with van der Waals surface area (Å²) in [5, 5.41) is 18.7. The van der Waals surface area contributed by atoms with E-state index in [4.69, 9.17) is 9.84 Å². The molecule has 3 aromatic rings. The molecule has 5 nitrogen and oxygen atoms in total. The van der Waals surface area contributed by atoms with E-state index in [1.54, 1.807) is 0 Å². The van der Waals surface area contributed by atoms with Crippen LogP contribution in [0.5, 0.6) is 0 Å². The highest BCUT2D eigenvalue weighted by Gasteiger charge is 2.06. The number of nitrogens with zero attached hydrogens (tertiary/aromatic N) is 2. The molecule has 1 aromatic carbocycles. The van der Waals surface area contributed by atoms with Gasteiger partial charge in [-0.25, -0.2) is 9.97 Å². The third-order valence-electron chi connectivity index (χ3n) is 6.33. The van der Waals surface area contributed by atoms with E-state index < -0.39 is 6.10 Å². The molecule has 1 atom stereocenters. The lowest BCUT2D eigenvalue weighted by Crippen LogP contribution is -2.19. The van der Waals surface area contributed by atoms with Crippen molar-refractivity contribution in [1.82, 2.24) is 9.97 Å². The van der Waals surface area contributed by atoms with Crippen LogP contribution in [-0.2, 0) is 24.2 Å². The Hall–Kier alpha value is -3.48. The maximum atomic E-state index is 9.65. The van der Waals surface area contributed by atoms with Gasteiger partial charge in [-0.3, -0.25) is 0 Å². The Labute approximate surface area is 233 Å². The number of aromatic nitrogens is 2. The van der Waals surface area contributed by atoms with Crippen LogP contribution < -0.4 is 0 Å². The van der Waals surface area contributed by atoms with E-state index in [0.717, 1.165) is 35.2 Å². The second-order valence-corrected chi connectivity index (χ2v) is 9.74. The summed E-state index contributed by atoms with van der Waals surface area (Å²) in [4.78, 5) is 9.01. The van der Waals surface area contributed by atoms with E-state index in [1.165, 1.54) is 49.7 Å². The Morgan fingerprint density at radius 3 is 1.92 bits per heavy atom. The van der Waals surface area contributed by atoms with Crippen LogP contribution >= 0.6 is 0 Å². The molecule has 204 valence electrons. The van der Waals surface area contributed by atoms with Gasteiger partial charge < -0.3 is 14.9 Å². The predicted octanol–water partition coefficient (Wildman–Crippen LogP) is 5.61. The van der Waals surface area contributed by atoms with Gasteiger partial charge in [-0.1, -0.05) is 63.5 Å². The smallest absolute Gasteiger partial charge is 0.113 e. The molecule has 2 aromatic heterocycles. The third-order valence-corrected chi connectivity index (χ3v) is 6.33. The van der Waals surface area contributed by atoms with Gasteiger partial charge in [-0.05, 0) is 84.5 Å². The van der Waals surface area contributed by atoms with E-state index in [1.807, 2.05) is 42.7 Å². The molecule has 3 rings (SSSR count). The van der Waals surface area contributed by atoms with Crippen LogP contribution in [-0.4, -0.2) is 39.5 Å². The van der Waals surface area contributed by atoms with E-state index >= 15 is 0 Å². The van der Waals surface area contributed by atoms with Crippen molar-refractivity contribution >= 4 is 0 Å². The summed E-state index contributed by atoms with van der Waals surface area (Å²) in [6, 6.07) is 13.9. The molecule has 39 heavy (non-hydrogen) atoms. The summed E-state index contributed by atoms with van der Waals surface area (Å²) in [5.74, 6) is 12.7. The van der Waals surface area contributed by atoms with Gasteiger partial charge in [0.1, 0.15) is 17.5 Å². The fraction of sp³-hybridized carbons (Fsp3) is 0.412. The van der Waals surface area contributed by atoms with Crippen LogP contribution in [0.15, 0.2) is 54.9 Å². The largest absolute Gasteiger partial charge is 0.394 e. The number of unbranched alkanes of at least 4 members (excludes halogenated alkanes) is 4. The molecule has 2 N–H and O–H groups in total. The summed E-state index contributed by atoms with van der Waals surface area (Å²) in [6.07, 6.45) is 12.2. The van der Waals surface area contributed by atoms with Gasteiger partial charge in [0.15, 0.2) is 0 Å². The monoisotopic (exact) mass is 524 g/mol. The molecule has 2 heterocycles. The highest BCUT2D eigenvalue weighted by Crippen LogP contribution is 2.14. The van der Waals surface area contributed by atoms with Crippen molar-refractivity contribution in [3.8, 4) is 23.7 Å². The number of ether oxygens (including phenoxy) is 1. The van der Waals surface area contributed by atoms with Crippen LogP contribution in [0.4, 0.5) is 0 Å². The fourth-order valence-corrected chi connectivity index (χ4v) is 3.99. The van der Waals surface area contributed by atoms with Crippen molar-refractivity contribution < 1.29 is 14.9 Å². The van der Waals surface area contributed by atoms with Crippen molar-refractivity contribution in [2.75, 3.05) is 13.2 Å². The molecular weight excluding hydrogens is 484 g/mol. The Bertz CT molecular complexity index is 1260. The van der Waals surface area contributed by atoms with Crippen molar-refractivity contribution in [3.05, 3.63) is 94.1 Å². The summed E-state index contributed by atoms with van der Waals surface area (Å²) in [7, 11) is 0. The highest BCUT2D eigenvalue weighted by atomic mass is 16.5. The molecule has 0 radical (unpaired) electrons. The number of benzene rings is 1. The summed E-state index contributed by atoms with van der Waals surface area (Å²) >= 11 is 0. The fourth-order valence-electron chi connectivity index (χ4n) is 3.99. The highest BCUT2D eigenvalue weighted by molar-refractivity contribution is 5.50. The quantitative estimate of drug-likeness (QED) is 0.225. The van der Waals surface area contributed by atoms with Gasteiger partial charge in [0.05, 0.1) is 19.8 Å². The summed E-state index contributed by atoms with van der Waals surface area (Å²) < 4.78 is 5.64. The zero-order valence-corrected chi connectivity index (χ0v) is 23.2. The number of hydrogen-bond acceptors (Lipinski definition) is 5. The minimum Gasteiger partial charge on any atom is -0.394 e. The zero-order chi connectivity index (χ0) is 27.7. The molecule has 0 saturated carbocycles. The maximum absolute atomic E-state index is 9.65. The average Bonchev–Trinajstić information content (AvgIpc) is 2.97. The van der Waals surface area contributed by atoms with E-state index in [9.17, 15) is 5.11 Å². The Morgan fingerprint density at radius 1 is 0.769 bits per heavy atom. The lowest BCUT2D eigenvalue weighted by atomic mass is 10.0. The van der Waals surface area contributed by atoms with Gasteiger partial charge in [0, 0.05) is 23.5 Å². The van der Waals surface area contributed by atoms with Gasteiger partial charge in [0.2, 0.25) is 0 Å². The average molecular weight is 525 g/mol. The van der Waals surface area contributed by atoms with Crippen molar-refractivity contribution in [2.45, 2.75) is 77.9 Å². The molecular formula is C34H40N2O3. The first-order valence-corrected chi connectivity index (χ1v) is 14.0. The number of aliphatic hydroxyl groups is 2. The zero-order valence-electron chi connectivity index (χ0n) is 23.2. The van der Waals surface area contributed by atoms with Crippen LogP contribution in [0.1, 0.15) is 91.6 Å². The first kappa shape index (κ1) is 30.1. The number of pyridine rings is 2. The topological polar surface area (TPSA) is 75.5 Å². The first-order valence-electron chi connectivity index (χ1n) is 14.0. The molecule has 5 heteroatoms. The van der Waals surface area contributed by atoms with Gasteiger partial charge in [-0.15, -0.1) is 0 Å². The standard InChI is InChI=1S/C34H40N2O3/c1-3-5-7-9-28-13-18-32(35-22-28)17-12-27-11-15-30(31(21-27)25-39-26-34(38)24-37)16-20-33-19-14-29(23-36-33)10-8-6-4-2/h11,13-15,18-19,21-23,34,37-38H,3-10,24-26H2,1-2H3. The Kier molecular flexibility index (Phi) is 13.2. The van der Waals surface area contributed by atoms with Crippen molar-refractivity contribution in [3.63, 3.8) is 0 Å². The molecule has 0 aliphatic carbocycles. The number of aryl methyl sites for hydroxylation is 2. The normalized spacial score (nSPS) is 11.3. The lowest BCUT2D eigenvalue weighted by molar-refractivity contribution is -0.0000266. The molecule has 1 unspecified atom stereocenters. The second-order valence-electron chi connectivity index (χ2n) is 9.74. The molecule has 0 amide bonds. The second kappa shape index (κ2) is 17.2. The van der Waals surface area contributed by atoms with Crippen LogP contribution in [0.25, 0.3) is 0 Å². The number of aliphatic hydroxyl groups excluding tert-OH is 2. The van der Waals surface area contributed by atoms with Crippen molar-refractivity contribution in [1.29, 1.82) is 0 Å². The number of rotatable bonds is 13. The minimum absolute atomic E-state index is 0.0366. The minimum atomic E-state index is -0.918. The molecule has 0 saturated heterocycles. The van der Waals surface area contributed by atoms with Crippen molar-refractivity contribution in [2.24, 2.45) is 0 Å². The third kappa shape index (κ3) is 11.0. The first-order chi connectivity index (χ1) is 19.1. The number of hydrogen-bond donors (Lipinski definition) is 2. The van der Waals surface area contributed by atoms with Gasteiger partial charge in [0.25, 0.3) is 0 Å². The lowest BCUT2D eigenvalue weighted by Gasteiger charge is -2.10. The molecule has 0 fully saturated rings. The maximum Gasteiger partial charge on any atom is 0.113 e. The van der Waals surface area contributed by atoms with Gasteiger partial charge >= 0.3 is 0 Å². The van der Waals surface area contributed by atoms with E-state index in [-0.39, 0.29) is 19.8 Å².